The Balaban J connectivity index is 2.10. The summed E-state index contributed by atoms with van der Waals surface area (Å²) in [5.41, 5.74) is 1.11. The van der Waals surface area contributed by atoms with Gasteiger partial charge in [0.05, 0.1) is 24.0 Å². The molecular formula is C18H25O4PS. The van der Waals surface area contributed by atoms with Crippen molar-refractivity contribution in [1.29, 1.82) is 0 Å². The zero-order chi connectivity index (χ0) is 17.4. The standard InChI is InChI=1S/C18H25O4PS/c1-4-21-23(19,22-5-2)18(13-15-8-9-16(18)12-15)24(20)17-10-6-14(3)7-11-17/h6-11,15-16H,4-5,12-13H2,1-3H3/t15-,16+,18-,24?/m1/s1. The SMILES string of the molecule is CCOP(=O)(OCC)[C@@]1(S(=O)c2ccc(C)cc2)C[C@@H]2C=C[C@H]1C2. The second-order valence-corrected chi connectivity index (χ2v) is 10.8. The van der Waals surface area contributed by atoms with Gasteiger partial charge in [-0.25, -0.2) is 0 Å². The van der Waals surface area contributed by atoms with Crippen LogP contribution in [0.3, 0.4) is 0 Å². The van der Waals surface area contributed by atoms with E-state index in [2.05, 4.69) is 12.2 Å². The lowest BCUT2D eigenvalue weighted by Gasteiger charge is -2.39. The first-order valence-corrected chi connectivity index (χ1v) is 11.2. The van der Waals surface area contributed by atoms with Crippen LogP contribution in [-0.4, -0.2) is 21.9 Å². The fraction of sp³-hybridized carbons (Fsp3) is 0.556. The molecule has 1 fully saturated rings. The van der Waals surface area contributed by atoms with Crippen molar-refractivity contribution in [2.45, 2.75) is 43.0 Å². The summed E-state index contributed by atoms with van der Waals surface area (Å²) < 4.78 is 37.7. The summed E-state index contributed by atoms with van der Waals surface area (Å²) in [5, 5.41) is 0. The smallest absolute Gasteiger partial charge is 0.308 e. The molecule has 1 unspecified atom stereocenters. The van der Waals surface area contributed by atoms with Gasteiger partial charge in [-0.15, -0.1) is 0 Å². The molecule has 24 heavy (non-hydrogen) atoms. The molecule has 132 valence electrons. The van der Waals surface area contributed by atoms with Crippen molar-refractivity contribution >= 4 is 18.4 Å². The maximum atomic E-state index is 13.7. The Morgan fingerprint density at radius 3 is 2.25 bits per heavy atom. The van der Waals surface area contributed by atoms with Crippen molar-refractivity contribution in [2.75, 3.05) is 13.2 Å². The van der Waals surface area contributed by atoms with E-state index in [-0.39, 0.29) is 19.1 Å². The molecule has 1 aromatic carbocycles. The topological polar surface area (TPSA) is 52.6 Å². The van der Waals surface area contributed by atoms with Gasteiger partial charge in [-0.1, -0.05) is 29.8 Å². The first-order valence-electron chi connectivity index (χ1n) is 8.53. The van der Waals surface area contributed by atoms with Crippen LogP contribution in [0.15, 0.2) is 41.3 Å². The fourth-order valence-electron chi connectivity index (χ4n) is 3.88. The van der Waals surface area contributed by atoms with E-state index < -0.39 is 22.9 Å². The molecule has 2 aliphatic carbocycles. The van der Waals surface area contributed by atoms with E-state index in [1.807, 2.05) is 31.2 Å². The molecule has 0 heterocycles. The van der Waals surface area contributed by atoms with Gasteiger partial charge in [-0.05, 0) is 51.7 Å². The maximum Gasteiger partial charge on any atom is 0.350 e. The highest BCUT2D eigenvalue weighted by Crippen LogP contribution is 2.72. The first-order chi connectivity index (χ1) is 11.5. The predicted octanol–water partition coefficient (Wildman–Crippen LogP) is 4.66. The van der Waals surface area contributed by atoms with Crippen LogP contribution in [0.4, 0.5) is 0 Å². The predicted molar refractivity (Wildman–Crippen MR) is 96.5 cm³/mol. The summed E-state index contributed by atoms with van der Waals surface area (Å²) in [5.74, 6) is 0.271. The molecule has 6 heteroatoms. The average molecular weight is 368 g/mol. The minimum Gasteiger partial charge on any atom is -0.308 e. The molecule has 1 aromatic rings. The highest BCUT2D eigenvalue weighted by Gasteiger charge is 2.65. The van der Waals surface area contributed by atoms with E-state index in [1.165, 1.54) is 0 Å². The van der Waals surface area contributed by atoms with Crippen molar-refractivity contribution in [3.63, 3.8) is 0 Å². The zero-order valence-electron chi connectivity index (χ0n) is 14.4. The molecule has 4 nitrogen and oxygen atoms in total. The van der Waals surface area contributed by atoms with Crippen molar-refractivity contribution in [3.8, 4) is 0 Å². The van der Waals surface area contributed by atoms with Crippen molar-refractivity contribution in [2.24, 2.45) is 11.8 Å². The Bertz CT molecular complexity index is 689. The van der Waals surface area contributed by atoms with E-state index >= 15 is 0 Å². The number of benzene rings is 1. The molecule has 0 radical (unpaired) electrons. The van der Waals surface area contributed by atoms with Crippen LogP contribution in [-0.2, 0) is 24.4 Å². The highest BCUT2D eigenvalue weighted by atomic mass is 32.2. The van der Waals surface area contributed by atoms with Crippen LogP contribution in [0.2, 0.25) is 0 Å². The average Bonchev–Trinajstić information content (AvgIpc) is 3.17. The molecule has 1 saturated carbocycles. The second-order valence-electron chi connectivity index (χ2n) is 6.45. The molecule has 0 amide bonds. The zero-order valence-corrected chi connectivity index (χ0v) is 16.1. The Labute approximate surface area is 146 Å². The summed E-state index contributed by atoms with van der Waals surface area (Å²) in [4.78, 5) is 0.696. The second kappa shape index (κ2) is 6.87. The molecule has 2 aliphatic rings. The van der Waals surface area contributed by atoms with Gasteiger partial charge in [0.25, 0.3) is 0 Å². The van der Waals surface area contributed by atoms with Gasteiger partial charge >= 0.3 is 7.60 Å². The molecule has 0 spiro atoms. The third kappa shape index (κ3) is 2.76. The van der Waals surface area contributed by atoms with Crippen LogP contribution in [0, 0.1) is 18.8 Å². The quantitative estimate of drug-likeness (QED) is 0.519. The van der Waals surface area contributed by atoms with Gasteiger partial charge in [0.15, 0.2) is 4.49 Å². The summed E-state index contributed by atoms with van der Waals surface area (Å²) in [7, 11) is -4.99. The third-order valence-electron chi connectivity index (χ3n) is 4.92. The number of fused-ring (bicyclic) bond motifs is 2. The summed E-state index contributed by atoms with van der Waals surface area (Å²) >= 11 is 0. The first kappa shape index (κ1) is 18.1. The van der Waals surface area contributed by atoms with E-state index in [4.69, 9.17) is 9.05 Å². The Morgan fingerprint density at radius 1 is 1.17 bits per heavy atom. The van der Waals surface area contributed by atoms with Crippen LogP contribution in [0.5, 0.6) is 0 Å². The lowest BCUT2D eigenvalue weighted by atomic mass is 10.1. The normalized spacial score (nSPS) is 30.0. The number of hydrogen-bond acceptors (Lipinski definition) is 4. The van der Waals surface area contributed by atoms with Crippen molar-refractivity contribution in [1.82, 2.24) is 0 Å². The van der Waals surface area contributed by atoms with Crippen LogP contribution in [0.1, 0.15) is 32.3 Å². The van der Waals surface area contributed by atoms with E-state index in [0.29, 0.717) is 17.2 Å². The summed E-state index contributed by atoms with van der Waals surface area (Å²) in [6.07, 6.45) is 5.68. The van der Waals surface area contributed by atoms with E-state index in [9.17, 15) is 8.77 Å². The van der Waals surface area contributed by atoms with Crippen LogP contribution < -0.4 is 0 Å². The Morgan fingerprint density at radius 2 is 1.79 bits per heavy atom. The van der Waals surface area contributed by atoms with E-state index in [0.717, 1.165) is 12.0 Å². The van der Waals surface area contributed by atoms with Crippen LogP contribution in [0.25, 0.3) is 0 Å². The molecule has 3 rings (SSSR count). The number of aryl methyl sites for hydroxylation is 1. The number of allylic oxidation sites excluding steroid dienone is 2. The largest absolute Gasteiger partial charge is 0.350 e. The Hall–Kier alpha value is -0.740. The van der Waals surface area contributed by atoms with Gasteiger partial charge in [0.1, 0.15) is 0 Å². The molecule has 0 aliphatic heterocycles. The minimum atomic E-state index is -3.53. The fourth-order valence-corrected chi connectivity index (χ4v) is 9.18. The summed E-state index contributed by atoms with van der Waals surface area (Å²) in [6, 6.07) is 7.61. The van der Waals surface area contributed by atoms with Gasteiger partial charge < -0.3 is 9.05 Å². The van der Waals surface area contributed by atoms with Gasteiger partial charge in [-0.2, -0.15) is 0 Å². The van der Waals surface area contributed by atoms with Crippen molar-refractivity contribution < 1.29 is 17.8 Å². The van der Waals surface area contributed by atoms with E-state index in [1.54, 1.807) is 13.8 Å². The maximum absolute atomic E-state index is 13.7. The number of hydrogen-bond donors (Lipinski definition) is 0. The lowest BCUT2D eigenvalue weighted by molar-refractivity contribution is 0.203. The molecular weight excluding hydrogens is 343 g/mol. The van der Waals surface area contributed by atoms with Crippen molar-refractivity contribution in [3.05, 3.63) is 42.0 Å². The van der Waals surface area contributed by atoms with Gasteiger partial charge in [0, 0.05) is 10.8 Å². The van der Waals surface area contributed by atoms with Crippen LogP contribution >= 0.6 is 7.60 Å². The molecule has 0 N–H and O–H groups in total. The van der Waals surface area contributed by atoms with Gasteiger partial charge in [-0.3, -0.25) is 8.77 Å². The number of rotatable bonds is 7. The minimum absolute atomic E-state index is 0.0337. The Kier molecular flexibility index (Phi) is 5.17. The third-order valence-corrected chi connectivity index (χ3v) is 10.5. The summed E-state index contributed by atoms with van der Waals surface area (Å²) in [6.45, 7) is 6.17. The lowest BCUT2D eigenvalue weighted by Crippen LogP contribution is -2.40. The monoisotopic (exact) mass is 368 g/mol. The molecule has 0 saturated heterocycles. The highest BCUT2D eigenvalue weighted by molar-refractivity contribution is 7.94. The molecule has 4 atom stereocenters. The molecule has 0 aromatic heterocycles. The molecule has 2 bridgehead atoms. The van der Waals surface area contributed by atoms with Gasteiger partial charge in [0.2, 0.25) is 0 Å².